The summed E-state index contributed by atoms with van der Waals surface area (Å²) in [4.78, 5) is 10.9. The molecule has 1 aromatic rings. The molecule has 2 rings (SSSR count). The Kier molecular flexibility index (Phi) is 4.40. The molecule has 0 amide bonds. The molecule has 1 saturated carbocycles. The number of halogens is 1. The van der Waals surface area contributed by atoms with Gasteiger partial charge in [0.25, 0.3) is 0 Å². The van der Waals surface area contributed by atoms with Crippen LogP contribution in [0.4, 0.5) is 4.39 Å². The summed E-state index contributed by atoms with van der Waals surface area (Å²) in [5.41, 5.74) is 0.463. The lowest BCUT2D eigenvalue weighted by Crippen LogP contribution is -2.01. The maximum absolute atomic E-state index is 13.2. The van der Waals surface area contributed by atoms with Crippen molar-refractivity contribution in [2.75, 3.05) is 13.7 Å². The van der Waals surface area contributed by atoms with Crippen molar-refractivity contribution in [1.29, 1.82) is 0 Å². The van der Waals surface area contributed by atoms with Gasteiger partial charge in [-0.2, -0.15) is 0 Å². The minimum Gasteiger partial charge on any atom is -0.492 e. The van der Waals surface area contributed by atoms with Crippen LogP contribution < -0.4 is 4.74 Å². The first-order chi connectivity index (χ1) is 9.19. The number of carbonyl (C=O) groups excluding carboxylic acids is 1. The van der Waals surface area contributed by atoms with Crippen LogP contribution in [0.5, 0.6) is 5.75 Å². The maximum Gasteiger partial charge on any atom is 0.317 e. The largest absolute Gasteiger partial charge is 0.492 e. The summed E-state index contributed by atoms with van der Waals surface area (Å²) in [5, 5.41) is 0. The molecule has 4 heteroatoms. The second-order valence-electron chi connectivity index (χ2n) is 4.45. The van der Waals surface area contributed by atoms with Gasteiger partial charge < -0.3 is 9.47 Å². The van der Waals surface area contributed by atoms with Crippen LogP contribution in [0.1, 0.15) is 24.8 Å². The van der Waals surface area contributed by atoms with Crippen molar-refractivity contribution in [2.45, 2.75) is 19.3 Å². The summed E-state index contributed by atoms with van der Waals surface area (Å²) in [6.45, 7) is 0.636. The second-order valence-corrected chi connectivity index (χ2v) is 4.45. The van der Waals surface area contributed by atoms with Gasteiger partial charge in [-0.3, -0.25) is 4.79 Å². The summed E-state index contributed by atoms with van der Waals surface area (Å²) >= 11 is 0. The van der Waals surface area contributed by atoms with Crippen molar-refractivity contribution in [3.8, 4) is 17.6 Å². The van der Waals surface area contributed by atoms with Crippen molar-refractivity contribution in [2.24, 2.45) is 5.92 Å². The third-order valence-electron chi connectivity index (χ3n) is 2.80. The van der Waals surface area contributed by atoms with E-state index in [9.17, 15) is 9.18 Å². The van der Waals surface area contributed by atoms with E-state index in [1.54, 1.807) is 6.07 Å². The molecule has 0 aromatic heterocycles. The second kappa shape index (κ2) is 6.24. The monoisotopic (exact) mass is 262 g/mol. The van der Waals surface area contributed by atoms with Gasteiger partial charge in [0.05, 0.1) is 19.3 Å². The molecule has 0 saturated heterocycles. The van der Waals surface area contributed by atoms with E-state index in [0.29, 0.717) is 23.8 Å². The van der Waals surface area contributed by atoms with Crippen molar-refractivity contribution in [3.63, 3.8) is 0 Å². The molecule has 3 nitrogen and oxygen atoms in total. The topological polar surface area (TPSA) is 35.5 Å². The normalized spacial score (nSPS) is 13.4. The van der Waals surface area contributed by atoms with Crippen molar-refractivity contribution in [1.82, 2.24) is 0 Å². The molecule has 0 unspecified atom stereocenters. The Labute approximate surface area is 111 Å². The van der Waals surface area contributed by atoms with E-state index in [0.717, 1.165) is 0 Å². The van der Waals surface area contributed by atoms with Crippen LogP contribution >= 0.6 is 0 Å². The fourth-order valence-corrected chi connectivity index (χ4v) is 1.50. The summed E-state index contributed by atoms with van der Waals surface area (Å²) < 4.78 is 23.3. The number of benzene rings is 1. The van der Waals surface area contributed by atoms with E-state index in [-0.39, 0.29) is 12.2 Å². The third kappa shape index (κ3) is 4.29. The molecule has 19 heavy (non-hydrogen) atoms. The van der Waals surface area contributed by atoms with Gasteiger partial charge in [-0.15, -0.1) is 0 Å². The molecule has 100 valence electrons. The Morgan fingerprint density at radius 1 is 1.47 bits per heavy atom. The van der Waals surface area contributed by atoms with Gasteiger partial charge in [0, 0.05) is 0 Å². The number of esters is 1. The molecular weight excluding hydrogens is 247 g/mol. The van der Waals surface area contributed by atoms with Crippen molar-refractivity contribution < 1.29 is 18.7 Å². The third-order valence-corrected chi connectivity index (χ3v) is 2.80. The molecule has 1 aliphatic rings. The lowest BCUT2D eigenvalue weighted by molar-refractivity contribution is -0.139. The highest BCUT2D eigenvalue weighted by Gasteiger charge is 2.22. The van der Waals surface area contributed by atoms with Crippen LogP contribution in [0.2, 0.25) is 0 Å². The Bertz CT molecular complexity index is 524. The van der Waals surface area contributed by atoms with Crippen LogP contribution in [-0.2, 0) is 9.53 Å². The van der Waals surface area contributed by atoms with Gasteiger partial charge in [-0.1, -0.05) is 11.8 Å². The predicted molar refractivity (Wildman–Crippen MR) is 68.1 cm³/mol. The average Bonchev–Trinajstić information content (AvgIpc) is 3.21. The number of hydrogen-bond donors (Lipinski definition) is 0. The molecule has 0 N–H and O–H groups in total. The predicted octanol–water partition coefficient (Wildman–Crippen LogP) is 2.53. The molecule has 0 bridgehead atoms. The Morgan fingerprint density at radius 3 is 2.95 bits per heavy atom. The van der Waals surface area contributed by atoms with E-state index in [2.05, 4.69) is 16.6 Å². The molecule has 1 aliphatic carbocycles. The lowest BCUT2D eigenvalue weighted by atomic mass is 10.2. The smallest absolute Gasteiger partial charge is 0.317 e. The first-order valence-corrected chi connectivity index (χ1v) is 6.17. The SMILES string of the molecule is COC(=O)CC#Cc1cc(F)ccc1OCC1CC1. The van der Waals surface area contributed by atoms with Gasteiger partial charge in [0.1, 0.15) is 18.0 Å². The molecule has 0 atom stereocenters. The zero-order valence-electron chi connectivity index (χ0n) is 10.7. The number of carbonyl (C=O) groups is 1. The minimum atomic E-state index is -0.413. The van der Waals surface area contributed by atoms with Crippen LogP contribution in [0.25, 0.3) is 0 Å². The Hall–Kier alpha value is -2.02. The van der Waals surface area contributed by atoms with Gasteiger partial charge in [-0.25, -0.2) is 4.39 Å². The summed E-state index contributed by atoms with van der Waals surface area (Å²) in [5.74, 6) is 5.79. The lowest BCUT2D eigenvalue weighted by Gasteiger charge is -2.07. The Balaban J connectivity index is 2.06. The number of methoxy groups -OCH3 is 1. The van der Waals surface area contributed by atoms with Gasteiger partial charge in [0.2, 0.25) is 0 Å². The minimum absolute atomic E-state index is 0.0188. The molecule has 1 aromatic carbocycles. The Morgan fingerprint density at radius 2 is 2.26 bits per heavy atom. The molecule has 0 spiro atoms. The number of rotatable bonds is 4. The molecule has 1 fully saturated rings. The van der Waals surface area contributed by atoms with E-state index >= 15 is 0 Å². The number of ether oxygens (including phenoxy) is 2. The van der Waals surface area contributed by atoms with Crippen molar-refractivity contribution in [3.05, 3.63) is 29.6 Å². The molecule has 0 radical (unpaired) electrons. The van der Waals surface area contributed by atoms with Crippen LogP contribution in [0.15, 0.2) is 18.2 Å². The van der Waals surface area contributed by atoms with Gasteiger partial charge in [0.15, 0.2) is 0 Å². The highest BCUT2D eigenvalue weighted by atomic mass is 19.1. The first-order valence-electron chi connectivity index (χ1n) is 6.17. The fourth-order valence-electron chi connectivity index (χ4n) is 1.50. The molecule has 0 aliphatic heterocycles. The summed E-state index contributed by atoms with van der Waals surface area (Å²) in [7, 11) is 1.30. The van der Waals surface area contributed by atoms with Gasteiger partial charge >= 0.3 is 5.97 Å². The standard InChI is InChI=1S/C15H15FO3/c1-18-15(17)4-2-3-12-9-13(16)7-8-14(12)19-10-11-5-6-11/h7-9,11H,4-6,10H2,1H3. The average molecular weight is 262 g/mol. The highest BCUT2D eigenvalue weighted by Crippen LogP contribution is 2.30. The van der Waals surface area contributed by atoms with Gasteiger partial charge in [-0.05, 0) is 37.0 Å². The van der Waals surface area contributed by atoms with Crippen molar-refractivity contribution >= 4 is 5.97 Å². The molecule has 0 heterocycles. The van der Waals surface area contributed by atoms with Crippen LogP contribution in [-0.4, -0.2) is 19.7 Å². The fraction of sp³-hybridized carbons (Fsp3) is 0.400. The zero-order chi connectivity index (χ0) is 13.7. The van der Waals surface area contributed by atoms with E-state index < -0.39 is 5.97 Å². The summed E-state index contributed by atoms with van der Waals surface area (Å²) in [6, 6.07) is 4.22. The summed E-state index contributed by atoms with van der Waals surface area (Å²) in [6.07, 6.45) is 2.35. The quantitative estimate of drug-likeness (QED) is 0.618. The van der Waals surface area contributed by atoms with E-state index in [1.807, 2.05) is 0 Å². The molecular formula is C15H15FO3. The first kappa shape index (κ1) is 13.4. The van der Waals surface area contributed by atoms with E-state index in [1.165, 1.54) is 32.1 Å². The van der Waals surface area contributed by atoms with Crippen LogP contribution in [0, 0.1) is 23.6 Å². The zero-order valence-corrected chi connectivity index (χ0v) is 10.7. The van der Waals surface area contributed by atoms with Crippen LogP contribution in [0.3, 0.4) is 0 Å². The van der Waals surface area contributed by atoms with E-state index in [4.69, 9.17) is 4.74 Å². The maximum atomic E-state index is 13.2. The highest BCUT2D eigenvalue weighted by molar-refractivity contribution is 5.72. The number of hydrogen-bond acceptors (Lipinski definition) is 3.